The van der Waals surface area contributed by atoms with Gasteiger partial charge in [0.15, 0.2) is 0 Å². The van der Waals surface area contributed by atoms with E-state index in [1.807, 2.05) is 38.1 Å². The maximum Gasteiger partial charge on any atom is 0.264 e. The summed E-state index contributed by atoms with van der Waals surface area (Å²) in [6, 6.07) is 20.0. The van der Waals surface area contributed by atoms with Crippen molar-refractivity contribution in [1.82, 2.24) is 10.2 Å². The SMILES string of the molecule is CNC(=O)[C@@H](C)N(Cc1ccc(Br)cc1)C(=O)CN(c1ccc(C)cc1)S(=O)(=O)c1ccc(C)cc1. The zero-order valence-corrected chi connectivity index (χ0v) is 23.1. The van der Waals surface area contributed by atoms with Crippen LogP contribution in [0.5, 0.6) is 0 Å². The summed E-state index contributed by atoms with van der Waals surface area (Å²) in [6.07, 6.45) is 0. The third-order valence-electron chi connectivity index (χ3n) is 5.89. The molecule has 0 saturated heterocycles. The normalized spacial score (nSPS) is 12.0. The third-order valence-corrected chi connectivity index (χ3v) is 8.21. The van der Waals surface area contributed by atoms with E-state index in [0.29, 0.717) is 5.69 Å². The lowest BCUT2D eigenvalue weighted by Crippen LogP contribution is -2.50. The number of amides is 2. The average Bonchev–Trinajstić information content (AvgIpc) is 2.86. The van der Waals surface area contributed by atoms with Gasteiger partial charge in [-0.25, -0.2) is 8.42 Å². The van der Waals surface area contributed by atoms with E-state index in [1.165, 1.54) is 24.1 Å². The maximum atomic E-state index is 13.7. The van der Waals surface area contributed by atoms with E-state index in [-0.39, 0.29) is 17.3 Å². The topological polar surface area (TPSA) is 86.8 Å². The van der Waals surface area contributed by atoms with Crippen molar-refractivity contribution in [1.29, 1.82) is 0 Å². The standard InChI is InChI=1S/C27H30BrN3O4S/c1-19-5-13-24(14-6-19)31(36(34,35)25-15-7-20(2)8-16-25)18-26(32)30(21(3)27(33)29-4)17-22-9-11-23(28)12-10-22/h5-16,21H,17-18H2,1-4H3,(H,29,33)/t21-/m1/s1. The molecule has 0 unspecified atom stereocenters. The predicted octanol–water partition coefficient (Wildman–Crippen LogP) is 4.42. The number of carbonyl (C=O) groups is 2. The van der Waals surface area contributed by atoms with E-state index in [9.17, 15) is 18.0 Å². The Labute approximate surface area is 221 Å². The largest absolute Gasteiger partial charge is 0.357 e. The molecule has 7 nitrogen and oxygen atoms in total. The number of benzene rings is 3. The zero-order chi connectivity index (χ0) is 26.5. The van der Waals surface area contributed by atoms with Gasteiger partial charge in [-0.3, -0.25) is 13.9 Å². The molecule has 3 rings (SSSR count). The fraction of sp³-hybridized carbons (Fsp3) is 0.259. The van der Waals surface area contributed by atoms with Crippen molar-refractivity contribution < 1.29 is 18.0 Å². The summed E-state index contributed by atoms with van der Waals surface area (Å²) >= 11 is 3.40. The average molecular weight is 573 g/mol. The highest BCUT2D eigenvalue weighted by Crippen LogP contribution is 2.25. The molecule has 1 atom stereocenters. The second-order valence-electron chi connectivity index (χ2n) is 8.60. The van der Waals surface area contributed by atoms with Crippen molar-refractivity contribution in [2.75, 3.05) is 17.9 Å². The number of hydrogen-bond acceptors (Lipinski definition) is 4. The number of halogens is 1. The molecule has 0 fully saturated rings. The molecule has 0 aromatic heterocycles. The molecule has 0 heterocycles. The van der Waals surface area contributed by atoms with Gasteiger partial charge in [0.05, 0.1) is 10.6 Å². The summed E-state index contributed by atoms with van der Waals surface area (Å²) in [5, 5.41) is 2.58. The summed E-state index contributed by atoms with van der Waals surface area (Å²) in [5.41, 5.74) is 3.06. The lowest BCUT2D eigenvalue weighted by molar-refractivity contribution is -0.139. The molecule has 3 aromatic carbocycles. The second-order valence-corrected chi connectivity index (χ2v) is 11.4. The van der Waals surface area contributed by atoms with Crippen LogP contribution in [0.1, 0.15) is 23.6 Å². The Hall–Kier alpha value is -3.17. The Bertz CT molecular complexity index is 1310. The number of anilines is 1. The highest BCUT2D eigenvalue weighted by Gasteiger charge is 2.32. The van der Waals surface area contributed by atoms with Gasteiger partial charge < -0.3 is 10.2 Å². The molecule has 1 N–H and O–H groups in total. The van der Waals surface area contributed by atoms with Gasteiger partial charge in [0.25, 0.3) is 10.0 Å². The van der Waals surface area contributed by atoms with Gasteiger partial charge in [-0.05, 0) is 62.7 Å². The van der Waals surface area contributed by atoms with Crippen LogP contribution in [0, 0.1) is 13.8 Å². The van der Waals surface area contributed by atoms with Crippen LogP contribution in [-0.2, 0) is 26.2 Å². The molecule has 0 spiro atoms. The molecule has 36 heavy (non-hydrogen) atoms. The van der Waals surface area contributed by atoms with E-state index < -0.39 is 28.5 Å². The molecule has 0 saturated carbocycles. The van der Waals surface area contributed by atoms with Gasteiger partial charge >= 0.3 is 0 Å². The van der Waals surface area contributed by atoms with Crippen molar-refractivity contribution in [3.8, 4) is 0 Å². The lowest BCUT2D eigenvalue weighted by atomic mass is 10.1. The molecule has 9 heteroatoms. The van der Waals surface area contributed by atoms with Crippen molar-refractivity contribution in [3.63, 3.8) is 0 Å². The van der Waals surface area contributed by atoms with E-state index in [4.69, 9.17) is 0 Å². The van der Waals surface area contributed by atoms with Gasteiger partial charge in [0.1, 0.15) is 12.6 Å². The maximum absolute atomic E-state index is 13.7. The first-order valence-corrected chi connectivity index (χ1v) is 13.7. The van der Waals surface area contributed by atoms with E-state index in [1.54, 1.807) is 43.3 Å². The van der Waals surface area contributed by atoms with E-state index in [0.717, 1.165) is 25.5 Å². The predicted molar refractivity (Wildman–Crippen MR) is 145 cm³/mol. The van der Waals surface area contributed by atoms with E-state index in [2.05, 4.69) is 21.2 Å². The number of aryl methyl sites for hydroxylation is 2. The number of carbonyl (C=O) groups excluding carboxylic acids is 2. The summed E-state index contributed by atoms with van der Waals surface area (Å²) in [5.74, 6) is -0.839. The Balaban J connectivity index is 2.01. The molecule has 2 amide bonds. The Morgan fingerprint density at radius 1 is 0.889 bits per heavy atom. The second kappa shape index (κ2) is 11.7. The molecule has 0 aliphatic carbocycles. The molecular formula is C27H30BrN3O4S. The first kappa shape index (κ1) is 27.4. The highest BCUT2D eigenvalue weighted by molar-refractivity contribution is 9.10. The molecule has 0 radical (unpaired) electrons. The fourth-order valence-electron chi connectivity index (χ4n) is 3.66. The number of sulfonamides is 1. The molecule has 0 aliphatic heterocycles. The quantitative estimate of drug-likeness (QED) is 0.411. The smallest absolute Gasteiger partial charge is 0.264 e. The van der Waals surface area contributed by atoms with Crippen LogP contribution in [-0.4, -0.2) is 44.8 Å². The minimum Gasteiger partial charge on any atom is -0.357 e. The monoisotopic (exact) mass is 571 g/mol. The van der Waals surface area contributed by atoms with Crippen molar-refractivity contribution in [2.24, 2.45) is 0 Å². The molecule has 0 aliphatic rings. The fourth-order valence-corrected chi connectivity index (χ4v) is 5.33. The Morgan fingerprint density at radius 2 is 1.42 bits per heavy atom. The summed E-state index contributed by atoms with van der Waals surface area (Å²) < 4.78 is 29.4. The lowest BCUT2D eigenvalue weighted by Gasteiger charge is -2.31. The van der Waals surface area contributed by atoms with Gasteiger partial charge in [-0.2, -0.15) is 0 Å². The molecule has 190 valence electrons. The molecular weight excluding hydrogens is 542 g/mol. The third kappa shape index (κ3) is 6.53. The van der Waals surface area contributed by atoms with Crippen LogP contribution in [0.4, 0.5) is 5.69 Å². The molecule has 0 bridgehead atoms. The van der Waals surface area contributed by atoms with Gasteiger partial charge in [-0.15, -0.1) is 0 Å². The van der Waals surface area contributed by atoms with Crippen LogP contribution in [0.25, 0.3) is 0 Å². The first-order valence-electron chi connectivity index (χ1n) is 11.4. The number of rotatable bonds is 9. The van der Waals surface area contributed by atoms with Crippen LogP contribution in [0.3, 0.4) is 0 Å². The van der Waals surface area contributed by atoms with Crippen LogP contribution in [0.15, 0.2) is 82.2 Å². The first-order chi connectivity index (χ1) is 17.0. The summed E-state index contributed by atoms with van der Waals surface area (Å²) in [4.78, 5) is 27.7. The number of nitrogens with one attached hydrogen (secondary N) is 1. The van der Waals surface area contributed by atoms with Gasteiger partial charge in [0, 0.05) is 18.1 Å². The van der Waals surface area contributed by atoms with Crippen molar-refractivity contribution >= 4 is 43.5 Å². The van der Waals surface area contributed by atoms with Crippen LogP contribution in [0.2, 0.25) is 0 Å². The highest BCUT2D eigenvalue weighted by atomic mass is 79.9. The summed E-state index contributed by atoms with van der Waals surface area (Å²) in [7, 11) is -2.56. The summed E-state index contributed by atoms with van der Waals surface area (Å²) in [6.45, 7) is 5.08. The van der Waals surface area contributed by atoms with Crippen LogP contribution < -0.4 is 9.62 Å². The Morgan fingerprint density at radius 3 is 1.94 bits per heavy atom. The minimum absolute atomic E-state index is 0.0836. The van der Waals surface area contributed by atoms with Crippen LogP contribution >= 0.6 is 15.9 Å². The number of likely N-dealkylation sites (N-methyl/N-ethyl adjacent to an activating group) is 1. The van der Waals surface area contributed by atoms with Crippen molar-refractivity contribution in [3.05, 3.63) is 94.0 Å². The zero-order valence-electron chi connectivity index (χ0n) is 20.7. The van der Waals surface area contributed by atoms with E-state index >= 15 is 0 Å². The number of hydrogen-bond donors (Lipinski definition) is 1. The van der Waals surface area contributed by atoms with Gasteiger partial charge in [-0.1, -0.05) is 63.5 Å². The Kier molecular flexibility index (Phi) is 8.92. The molecule has 3 aromatic rings. The van der Waals surface area contributed by atoms with Gasteiger partial charge in [0.2, 0.25) is 11.8 Å². The minimum atomic E-state index is -4.06. The number of nitrogens with zero attached hydrogens (tertiary/aromatic N) is 2. The van der Waals surface area contributed by atoms with Crippen molar-refractivity contribution in [2.45, 2.75) is 38.3 Å².